The topological polar surface area (TPSA) is 66.6 Å². The summed E-state index contributed by atoms with van der Waals surface area (Å²) in [7, 11) is 1.84. The molecule has 0 aliphatic rings. The SMILES string of the molecule is CC(CO)N(C)c1ccc([N+](=O)[O-])cc1. The fraction of sp³-hybridized carbons (Fsp3) is 0.400. The van der Waals surface area contributed by atoms with Gasteiger partial charge in [0.25, 0.3) is 5.69 Å². The van der Waals surface area contributed by atoms with Gasteiger partial charge in [-0.15, -0.1) is 0 Å². The molecule has 0 bridgehead atoms. The second kappa shape index (κ2) is 4.75. The first-order chi connectivity index (χ1) is 7.06. The van der Waals surface area contributed by atoms with E-state index in [4.69, 9.17) is 5.11 Å². The molecule has 0 aliphatic heterocycles. The van der Waals surface area contributed by atoms with Gasteiger partial charge in [-0.05, 0) is 19.1 Å². The smallest absolute Gasteiger partial charge is 0.269 e. The summed E-state index contributed by atoms with van der Waals surface area (Å²) in [5.74, 6) is 0. The van der Waals surface area contributed by atoms with E-state index in [1.54, 1.807) is 12.1 Å². The van der Waals surface area contributed by atoms with Crippen molar-refractivity contribution in [2.75, 3.05) is 18.6 Å². The standard InChI is InChI=1S/C10H14N2O3/c1-8(7-13)11(2)9-3-5-10(6-4-9)12(14)15/h3-6,8,13H,7H2,1-2H3. The molecule has 1 atom stereocenters. The summed E-state index contributed by atoms with van der Waals surface area (Å²) in [6.07, 6.45) is 0. The first-order valence-corrected chi connectivity index (χ1v) is 4.64. The van der Waals surface area contributed by atoms with E-state index in [9.17, 15) is 10.1 Å². The van der Waals surface area contributed by atoms with Crippen molar-refractivity contribution < 1.29 is 10.0 Å². The molecule has 0 aromatic heterocycles. The van der Waals surface area contributed by atoms with Crippen LogP contribution in [-0.2, 0) is 0 Å². The Morgan fingerprint density at radius 3 is 2.40 bits per heavy atom. The molecule has 0 spiro atoms. The van der Waals surface area contributed by atoms with Crippen molar-refractivity contribution in [3.05, 3.63) is 34.4 Å². The highest BCUT2D eigenvalue weighted by Crippen LogP contribution is 2.19. The van der Waals surface area contributed by atoms with Gasteiger partial charge in [-0.3, -0.25) is 10.1 Å². The number of likely N-dealkylation sites (N-methyl/N-ethyl adjacent to an activating group) is 1. The quantitative estimate of drug-likeness (QED) is 0.602. The Morgan fingerprint density at radius 1 is 1.47 bits per heavy atom. The van der Waals surface area contributed by atoms with Gasteiger partial charge in [-0.2, -0.15) is 0 Å². The maximum Gasteiger partial charge on any atom is 0.269 e. The predicted octanol–water partition coefficient (Wildman–Crippen LogP) is 1.41. The first-order valence-electron chi connectivity index (χ1n) is 4.64. The zero-order valence-electron chi connectivity index (χ0n) is 8.75. The van der Waals surface area contributed by atoms with Crippen LogP contribution >= 0.6 is 0 Å². The van der Waals surface area contributed by atoms with Gasteiger partial charge in [0.05, 0.1) is 11.5 Å². The summed E-state index contributed by atoms with van der Waals surface area (Å²) in [6, 6.07) is 6.24. The maximum absolute atomic E-state index is 10.4. The molecular formula is C10H14N2O3. The minimum Gasteiger partial charge on any atom is -0.394 e. The van der Waals surface area contributed by atoms with Crippen molar-refractivity contribution in [2.24, 2.45) is 0 Å². The van der Waals surface area contributed by atoms with Crippen LogP contribution in [0.3, 0.4) is 0 Å². The van der Waals surface area contributed by atoms with Crippen LogP contribution in [-0.4, -0.2) is 29.7 Å². The number of nitro groups is 1. The predicted molar refractivity (Wildman–Crippen MR) is 58.0 cm³/mol. The van der Waals surface area contributed by atoms with Gasteiger partial charge in [0.15, 0.2) is 0 Å². The number of nitrogens with zero attached hydrogens (tertiary/aromatic N) is 2. The van der Waals surface area contributed by atoms with E-state index in [-0.39, 0.29) is 18.3 Å². The highest BCUT2D eigenvalue weighted by molar-refractivity contribution is 5.50. The van der Waals surface area contributed by atoms with E-state index < -0.39 is 4.92 Å². The lowest BCUT2D eigenvalue weighted by Crippen LogP contribution is -2.31. The molecule has 0 fully saturated rings. The van der Waals surface area contributed by atoms with Crippen molar-refractivity contribution in [3.8, 4) is 0 Å². The minimum atomic E-state index is -0.431. The summed E-state index contributed by atoms with van der Waals surface area (Å²) in [5, 5.41) is 19.4. The van der Waals surface area contributed by atoms with E-state index in [1.165, 1.54) is 12.1 Å². The summed E-state index contributed by atoms with van der Waals surface area (Å²) in [6.45, 7) is 1.93. The number of anilines is 1. The molecule has 0 radical (unpaired) electrons. The Morgan fingerprint density at radius 2 is 2.00 bits per heavy atom. The van der Waals surface area contributed by atoms with Crippen LogP contribution in [0.1, 0.15) is 6.92 Å². The van der Waals surface area contributed by atoms with E-state index >= 15 is 0 Å². The molecule has 0 heterocycles. The maximum atomic E-state index is 10.4. The monoisotopic (exact) mass is 210 g/mol. The van der Waals surface area contributed by atoms with Gasteiger partial charge in [-0.25, -0.2) is 0 Å². The summed E-state index contributed by atoms with van der Waals surface area (Å²) >= 11 is 0. The average Bonchev–Trinajstić information content (AvgIpc) is 2.27. The van der Waals surface area contributed by atoms with Crippen LogP contribution in [0.15, 0.2) is 24.3 Å². The third-order valence-corrected chi connectivity index (χ3v) is 2.39. The van der Waals surface area contributed by atoms with Gasteiger partial charge in [0.2, 0.25) is 0 Å². The molecule has 1 rings (SSSR count). The van der Waals surface area contributed by atoms with Crippen molar-refractivity contribution in [1.29, 1.82) is 0 Å². The van der Waals surface area contributed by atoms with Gasteiger partial charge in [-0.1, -0.05) is 0 Å². The lowest BCUT2D eigenvalue weighted by atomic mass is 10.2. The summed E-state index contributed by atoms with van der Waals surface area (Å²) in [4.78, 5) is 11.9. The normalized spacial score (nSPS) is 12.2. The number of benzene rings is 1. The third-order valence-electron chi connectivity index (χ3n) is 2.39. The van der Waals surface area contributed by atoms with Crippen LogP contribution in [0.5, 0.6) is 0 Å². The molecule has 1 aromatic carbocycles. The number of non-ortho nitro benzene ring substituents is 1. The van der Waals surface area contributed by atoms with E-state index in [0.29, 0.717) is 0 Å². The average molecular weight is 210 g/mol. The van der Waals surface area contributed by atoms with Crippen molar-refractivity contribution in [1.82, 2.24) is 0 Å². The fourth-order valence-corrected chi connectivity index (χ4v) is 1.19. The Bertz CT molecular complexity index is 337. The van der Waals surface area contributed by atoms with Gasteiger partial charge in [0, 0.05) is 30.9 Å². The molecule has 15 heavy (non-hydrogen) atoms. The molecule has 82 valence electrons. The Labute approximate surface area is 88.1 Å². The second-order valence-corrected chi connectivity index (χ2v) is 3.42. The number of hydrogen-bond donors (Lipinski definition) is 1. The third kappa shape index (κ3) is 2.66. The first kappa shape index (κ1) is 11.5. The molecule has 0 aliphatic carbocycles. The zero-order valence-corrected chi connectivity index (χ0v) is 8.75. The van der Waals surface area contributed by atoms with Crippen molar-refractivity contribution in [3.63, 3.8) is 0 Å². The van der Waals surface area contributed by atoms with Crippen LogP contribution in [0, 0.1) is 10.1 Å². The Hall–Kier alpha value is -1.62. The molecule has 1 aromatic rings. The second-order valence-electron chi connectivity index (χ2n) is 3.42. The van der Waals surface area contributed by atoms with Gasteiger partial charge in [0.1, 0.15) is 0 Å². The molecule has 1 unspecified atom stereocenters. The van der Waals surface area contributed by atoms with Crippen LogP contribution in [0.2, 0.25) is 0 Å². The van der Waals surface area contributed by atoms with E-state index in [2.05, 4.69) is 0 Å². The molecule has 5 heteroatoms. The van der Waals surface area contributed by atoms with E-state index in [1.807, 2.05) is 18.9 Å². The number of aliphatic hydroxyl groups is 1. The minimum absolute atomic E-state index is 0.00791. The van der Waals surface area contributed by atoms with Crippen LogP contribution in [0.4, 0.5) is 11.4 Å². The largest absolute Gasteiger partial charge is 0.394 e. The van der Waals surface area contributed by atoms with Gasteiger partial charge >= 0.3 is 0 Å². The Balaban J connectivity index is 2.84. The van der Waals surface area contributed by atoms with Crippen molar-refractivity contribution in [2.45, 2.75) is 13.0 Å². The number of rotatable bonds is 4. The van der Waals surface area contributed by atoms with Crippen molar-refractivity contribution >= 4 is 11.4 Å². The number of nitro benzene ring substituents is 1. The van der Waals surface area contributed by atoms with Crippen LogP contribution < -0.4 is 4.90 Å². The Kier molecular flexibility index (Phi) is 3.62. The highest BCUT2D eigenvalue weighted by Gasteiger charge is 2.10. The molecule has 5 nitrogen and oxygen atoms in total. The van der Waals surface area contributed by atoms with Gasteiger partial charge < -0.3 is 10.0 Å². The summed E-state index contributed by atoms with van der Waals surface area (Å²) in [5.41, 5.74) is 0.922. The van der Waals surface area contributed by atoms with Crippen LogP contribution in [0.25, 0.3) is 0 Å². The molecule has 1 N–H and O–H groups in total. The fourth-order valence-electron chi connectivity index (χ4n) is 1.19. The van der Waals surface area contributed by atoms with E-state index in [0.717, 1.165) is 5.69 Å². The molecule has 0 saturated carbocycles. The molecular weight excluding hydrogens is 196 g/mol. The lowest BCUT2D eigenvalue weighted by Gasteiger charge is -2.25. The highest BCUT2D eigenvalue weighted by atomic mass is 16.6. The molecule has 0 amide bonds. The summed E-state index contributed by atoms with van der Waals surface area (Å²) < 4.78 is 0. The lowest BCUT2D eigenvalue weighted by molar-refractivity contribution is -0.384. The molecule has 0 saturated heterocycles. The number of aliphatic hydroxyl groups excluding tert-OH is 1. The number of hydrogen-bond acceptors (Lipinski definition) is 4. The zero-order chi connectivity index (χ0) is 11.4.